The van der Waals surface area contributed by atoms with E-state index >= 15 is 0 Å². The standard InChI is InChI=1S/C20H24N4O5/c1-24-15(13-4-5-16-17(9-13)29-12-28-16)11-22-20(24)23-19(26)7-6-18(25)21-10-14-3-2-8-27-14/h4-5,9,11,14H,2-3,6-8,10,12H2,1H3,(H,21,25)(H,22,23,26)/t14-/m1/s1. The molecule has 2 aromatic rings. The molecule has 1 aromatic heterocycles. The van der Waals surface area contributed by atoms with Gasteiger partial charge in [0.1, 0.15) is 0 Å². The van der Waals surface area contributed by atoms with Gasteiger partial charge in [-0.25, -0.2) is 4.98 Å². The summed E-state index contributed by atoms with van der Waals surface area (Å²) in [5.41, 5.74) is 1.73. The maximum absolute atomic E-state index is 12.2. The molecule has 0 bridgehead atoms. The van der Waals surface area contributed by atoms with Crippen molar-refractivity contribution in [2.75, 3.05) is 25.3 Å². The van der Waals surface area contributed by atoms with Crippen LogP contribution in [0.4, 0.5) is 5.95 Å². The normalized spacial score (nSPS) is 17.3. The summed E-state index contributed by atoms with van der Waals surface area (Å²) in [4.78, 5) is 28.4. The molecule has 0 aliphatic carbocycles. The van der Waals surface area contributed by atoms with Crippen LogP contribution < -0.4 is 20.1 Å². The molecule has 154 valence electrons. The van der Waals surface area contributed by atoms with Crippen molar-refractivity contribution in [3.05, 3.63) is 24.4 Å². The largest absolute Gasteiger partial charge is 0.454 e. The summed E-state index contributed by atoms with van der Waals surface area (Å²) in [6, 6.07) is 5.63. The molecule has 0 spiro atoms. The summed E-state index contributed by atoms with van der Waals surface area (Å²) in [5.74, 6) is 1.40. The Bertz CT molecular complexity index is 904. The first kappa shape index (κ1) is 19.3. The van der Waals surface area contributed by atoms with Gasteiger partial charge in [-0.1, -0.05) is 0 Å². The number of hydrogen-bond acceptors (Lipinski definition) is 6. The van der Waals surface area contributed by atoms with Crippen molar-refractivity contribution in [1.82, 2.24) is 14.9 Å². The van der Waals surface area contributed by atoms with Crippen LogP contribution in [0, 0.1) is 0 Å². The van der Waals surface area contributed by atoms with Gasteiger partial charge < -0.3 is 24.1 Å². The second-order valence-corrected chi connectivity index (χ2v) is 7.08. The van der Waals surface area contributed by atoms with Gasteiger partial charge in [-0.05, 0) is 31.0 Å². The van der Waals surface area contributed by atoms with Gasteiger partial charge in [0, 0.05) is 38.6 Å². The van der Waals surface area contributed by atoms with E-state index in [0.29, 0.717) is 24.0 Å². The first-order chi connectivity index (χ1) is 14.1. The number of amides is 2. The van der Waals surface area contributed by atoms with Crippen LogP contribution in [-0.2, 0) is 21.4 Å². The monoisotopic (exact) mass is 400 g/mol. The van der Waals surface area contributed by atoms with Crippen molar-refractivity contribution in [2.24, 2.45) is 7.05 Å². The lowest BCUT2D eigenvalue weighted by Gasteiger charge is -2.11. The van der Waals surface area contributed by atoms with E-state index in [4.69, 9.17) is 14.2 Å². The van der Waals surface area contributed by atoms with Gasteiger partial charge in [0.2, 0.25) is 24.6 Å². The number of benzene rings is 1. The van der Waals surface area contributed by atoms with Crippen molar-refractivity contribution >= 4 is 17.8 Å². The third-order valence-corrected chi connectivity index (χ3v) is 5.04. The average molecular weight is 400 g/mol. The van der Waals surface area contributed by atoms with Crippen molar-refractivity contribution in [1.29, 1.82) is 0 Å². The molecule has 1 fully saturated rings. The lowest BCUT2D eigenvalue weighted by molar-refractivity contribution is -0.124. The predicted octanol–water partition coefficient (Wildman–Crippen LogP) is 1.83. The fraction of sp³-hybridized carbons (Fsp3) is 0.450. The number of carbonyl (C=O) groups is 2. The van der Waals surface area contributed by atoms with Gasteiger partial charge in [0.25, 0.3) is 0 Å². The van der Waals surface area contributed by atoms with Crippen molar-refractivity contribution in [3.63, 3.8) is 0 Å². The Labute approximate surface area is 168 Å². The highest BCUT2D eigenvalue weighted by Crippen LogP contribution is 2.36. The summed E-state index contributed by atoms with van der Waals surface area (Å²) in [6.45, 7) is 1.46. The first-order valence-corrected chi connectivity index (χ1v) is 9.70. The van der Waals surface area contributed by atoms with E-state index in [1.807, 2.05) is 25.2 Å². The predicted molar refractivity (Wildman–Crippen MR) is 105 cm³/mol. The highest BCUT2D eigenvalue weighted by Gasteiger charge is 2.18. The number of ether oxygens (including phenoxy) is 3. The summed E-state index contributed by atoms with van der Waals surface area (Å²) < 4.78 is 18.0. The second-order valence-electron chi connectivity index (χ2n) is 7.08. The van der Waals surface area contributed by atoms with Gasteiger partial charge >= 0.3 is 0 Å². The molecule has 0 radical (unpaired) electrons. The van der Waals surface area contributed by atoms with Crippen LogP contribution in [0.3, 0.4) is 0 Å². The Morgan fingerprint density at radius 1 is 1.21 bits per heavy atom. The van der Waals surface area contributed by atoms with E-state index in [1.54, 1.807) is 10.8 Å². The van der Waals surface area contributed by atoms with Crippen molar-refractivity contribution in [3.8, 4) is 22.8 Å². The highest BCUT2D eigenvalue weighted by molar-refractivity contribution is 5.92. The van der Waals surface area contributed by atoms with Crippen LogP contribution in [0.2, 0.25) is 0 Å². The van der Waals surface area contributed by atoms with Gasteiger partial charge in [-0.3, -0.25) is 14.9 Å². The van der Waals surface area contributed by atoms with E-state index in [2.05, 4.69) is 15.6 Å². The molecule has 0 saturated carbocycles. The maximum atomic E-state index is 12.2. The number of nitrogens with one attached hydrogen (secondary N) is 2. The highest BCUT2D eigenvalue weighted by atomic mass is 16.7. The summed E-state index contributed by atoms with van der Waals surface area (Å²) in [7, 11) is 1.82. The van der Waals surface area contributed by atoms with E-state index < -0.39 is 0 Å². The van der Waals surface area contributed by atoms with Crippen molar-refractivity contribution in [2.45, 2.75) is 31.8 Å². The molecule has 9 heteroatoms. The Hall–Kier alpha value is -3.07. The zero-order valence-corrected chi connectivity index (χ0v) is 16.3. The summed E-state index contributed by atoms with van der Waals surface area (Å²) in [6.07, 6.45) is 3.98. The van der Waals surface area contributed by atoms with Crippen LogP contribution in [0.25, 0.3) is 11.3 Å². The Morgan fingerprint density at radius 2 is 2.03 bits per heavy atom. The molecular formula is C20H24N4O5. The van der Waals surface area contributed by atoms with Gasteiger partial charge in [-0.2, -0.15) is 0 Å². The van der Waals surface area contributed by atoms with E-state index in [-0.39, 0.29) is 37.6 Å². The topological polar surface area (TPSA) is 104 Å². The number of nitrogens with zero attached hydrogens (tertiary/aromatic N) is 2. The number of aromatic nitrogens is 2. The minimum absolute atomic E-state index is 0.0869. The fourth-order valence-electron chi connectivity index (χ4n) is 3.39. The zero-order chi connectivity index (χ0) is 20.2. The first-order valence-electron chi connectivity index (χ1n) is 9.70. The zero-order valence-electron chi connectivity index (χ0n) is 16.3. The average Bonchev–Trinajstić information content (AvgIpc) is 3.46. The van der Waals surface area contributed by atoms with E-state index in [0.717, 1.165) is 30.7 Å². The molecule has 1 atom stereocenters. The molecule has 2 amide bonds. The van der Waals surface area contributed by atoms with Gasteiger partial charge in [0.15, 0.2) is 11.5 Å². The molecule has 2 aliphatic rings. The lowest BCUT2D eigenvalue weighted by atomic mass is 10.1. The lowest BCUT2D eigenvalue weighted by Crippen LogP contribution is -2.32. The molecule has 2 aliphatic heterocycles. The number of hydrogen-bond donors (Lipinski definition) is 2. The number of rotatable bonds is 7. The van der Waals surface area contributed by atoms with Crippen LogP contribution in [0.1, 0.15) is 25.7 Å². The minimum Gasteiger partial charge on any atom is -0.454 e. The quantitative estimate of drug-likeness (QED) is 0.735. The van der Waals surface area contributed by atoms with Crippen LogP contribution in [0.5, 0.6) is 11.5 Å². The van der Waals surface area contributed by atoms with E-state index in [9.17, 15) is 9.59 Å². The summed E-state index contributed by atoms with van der Waals surface area (Å²) in [5, 5.41) is 5.57. The van der Waals surface area contributed by atoms with Crippen LogP contribution in [-0.4, -0.2) is 47.4 Å². The number of fused-ring (bicyclic) bond motifs is 1. The Kier molecular flexibility index (Phi) is 5.66. The molecule has 3 heterocycles. The number of carbonyl (C=O) groups excluding carboxylic acids is 2. The molecular weight excluding hydrogens is 376 g/mol. The molecule has 4 rings (SSSR count). The van der Waals surface area contributed by atoms with Crippen LogP contribution in [0.15, 0.2) is 24.4 Å². The second kappa shape index (κ2) is 8.52. The molecule has 1 aromatic carbocycles. The molecule has 29 heavy (non-hydrogen) atoms. The number of imidazole rings is 1. The van der Waals surface area contributed by atoms with E-state index in [1.165, 1.54) is 0 Å². The van der Waals surface area contributed by atoms with Gasteiger partial charge in [0.05, 0.1) is 18.0 Å². The maximum Gasteiger partial charge on any atom is 0.231 e. The van der Waals surface area contributed by atoms with Crippen LogP contribution >= 0.6 is 0 Å². The molecule has 9 nitrogen and oxygen atoms in total. The molecule has 1 saturated heterocycles. The Balaban J connectivity index is 1.29. The smallest absolute Gasteiger partial charge is 0.231 e. The molecule has 2 N–H and O–H groups in total. The summed E-state index contributed by atoms with van der Waals surface area (Å²) >= 11 is 0. The van der Waals surface area contributed by atoms with Gasteiger partial charge in [-0.15, -0.1) is 0 Å². The third-order valence-electron chi connectivity index (χ3n) is 5.04. The molecule has 0 unspecified atom stereocenters. The number of anilines is 1. The Morgan fingerprint density at radius 3 is 2.86 bits per heavy atom. The third kappa shape index (κ3) is 4.51. The fourth-order valence-corrected chi connectivity index (χ4v) is 3.39. The van der Waals surface area contributed by atoms with Crippen molar-refractivity contribution < 1.29 is 23.8 Å². The SMILES string of the molecule is Cn1c(-c2ccc3c(c2)OCO3)cnc1NC(=O)CCC(=O)NC[C@H]1CCCO1. The minimum atomic E-state index is -0.261.